The third-order valence-electron chi connectivity index (χ3n) is 5.42. The Labute approximate surface area is 148 Å². The molecule has 0 spiro atoms. The molecule has 1 nitrogen and oxygen atoms in total. The third-order valence-corrected chi connectivity index (χ3v) is 11.0. The molecule has 0 fully saturated rings. The number of methoxy groups -OCH3 is 1. The molecule has 0 aliphatic carbocycles. The minimum Gasteiger partial charge on any atom is -0.497 e. The molecule has 0 bridgehead atoms. The lowest BCUT2D eigenvalue weighted by Gasteiger charge is -2.29. The van der Waals surface area contributed by atoms with Gasteiger partial charge in [0.05, 0.1) is 15.2 Å². The fraction of sp³-hybridized carbons (Fsp3) is 0.364. The number of allylic oxidation sites excluding steroid dienone is 1. The summed E-state index contributed by atoms with van der Waals surface area (Å²) >= 11 is 0. The normalized spacial score (nSPS) is 12.2. The summed E-state index contributed by atoms with van der Waals surface area (Å²) in [5.41, 5.74) is 4.09. The Hall–Kier alpha value is -1.80. The van der Waals surface area contributed by atoms with Crippen molar-refractivity contribution in [3.05, 3.63) is 65.7 Å². The van der Waals surface area contributed by atoms with Crippen molar-refractivity contribution in [3.8, 4) is 5.75 Å². The van der Waals surface area contributed by atoms with Crippen LogP contribution in [0.2, 0.25) is 24.2 Å². The fourth-order valence-corrected chi connectivity index (χ4v) is 6.69. The average molecular weight is 339 g/mol. The second kappa shape index (κ2) is 8.88. The van der Waals surface area contributed by atoms with E-state index in [2.05, 4.69) is 81.4 Å². The molecule has 2 heteroatoms. The molecular formula is C22H30OSi. The number of hydrogen-bond acceptors (Lipinski definition) is 1. The second-order valence-corrected chi connectivity index (χ2v) is 12.0. The molecule has 2 rings (SSSR count). The molecule has 2 aromatic carbocycles. The van der Waals surface area contributed by atoms with Crippen LogP contribution in [0.5, 0.6) is 5.75 Å². The predicted molar refractivity (Wildman–Crippen MR) is 109 cm³/mol. The number of ether oxygens (including phenoxy) is 1. The molecule has 0 amide bonds. The monoisotopic (exact) mass is 338 g/mol. The van der Waals surface area contributed by atoms with Gasteiger partial charge in [0.1, 0.15) is 5.75 Å². The molecule has 0 heterocycles. The summed E-state index contributed by atoms with van der Waals surface area (Å²) in [5.74, 6) is 0.919. The van der Waals surface area contributed by atoms with Crippen molar-refractivity contribution in [2.75, 3.05) is 7.11 Å². The SMILES string of the molecule is CC[Si](CC)(CC)C/C(=C\c1ccccc1)c1ccc(OC)cc1. The van der Waals surface area contributed by atoms with Crippen LogP contribution in [0.15, 0.2) is 54.6 Å². The summed E-state index contributed by atoms with van der Waals surface area (Å²) in [6, 6.07) is 24.5. The molecular weight excluding hydrogens is 308 g/mol. The molecule has 0 atom stereocenters. The van der Waals surface area contributed by atoms with E-state index in [1.54, 1.807) is 7.11 Å². The molecule has 2 aromatic rings. The van der Waals surface area contributed by atoms with Gasteiger partial charge in [0.25, 0.3) is 0 Å². The predicted octanol–water partition coefficient (Wildman–Crippen LogP) is 6.74. The van der Waals surface area contributed by atoms with Crippen LogP contribution in [0.25, 0.3) is 11.6 Å². The largest absolute Gasteiger partial charge is 0.497 e. The molecule has 0 saturated heterocycles. The van der Waals surface area contributed by atoms with Gasteiger partial charge in [0.2, 0.25) is 0 Å². The van der Waals surface area contributed by atoms with Gasteiger partial charge >= 0.3 is 0 Å². The molecule has 0 unspecified atom stereocenters. The summed E-state index contributed by atoms with van der Waals surface area (Å²) in [7, 11) is 0.483. The van der Waals surface area contributed by atoms with Crippen LogP contribution < -0.4 is 4.74 Å². The van der Waals surface area contributed by atoms with E-state index < -0.39 is 8.07 Å². The lowest BCUT2D eigenvalue weighted by atomic mass is 10.0. The van der Waals surface area contributed by atoms with Crippen molar-refractivity contribution in [2.24, 2.45) is 0 Å². The zero-order valence-corrected chi connectivity index (χ0v) is 16.5. The standard InChI is InChI=1S/C22H30OSi/c1-5-24(6-2,7-3)18-21(17-19-11-9-8-10-12-19)20-13-15-22(23-4)16-14-20/h8-17H,5-7,18H2,1-4H3/b21-17+. The van der Waals surface area contributed by atoms with Crippen LogP contribution in [0.1, 0.15) is 31.9 Å². The van der Waals surface area contributed by atoms with E-state index in [0.29, 0.717) is 0 Å². The van der Waals surface area contributed by atoms with Crippen LogP contribution in [0.3, 0.4) is 0 Å². The van der Waals surface area contributed by atoms with Gasteiger partial charge in [0, 0.05) is 0 Å². The minimum absolute atomic E-state index is 0.919. The zero-order valence-electron chi connectivity index (χ0n) is 15.5. The number of rotatable bonds is 8. The van der Waals surface area contributed by atoms with Crippen LogP contribution in [-0.2, 0) is 0 Å². The highest BCUT2D eigenvalue weighted by molar-refractivity contribution is 6.81. The highest BCUT2D eigenvalue weighted by Gasteiger charge is 2.28. The van der Waals surface area contributed by atoms with Crippen LogP contribution in [-0.4, -0.2) is 15.2 Å². The van der Waals surface area contributed by atoms with Crippen molar-refractivity contribution < 1.29 is 4.74 Å². The van der Waals surface area contributed by atoms with E-state index in [4.69, 9.17) is 4.74 Å². The van der Waals surface area contributed by atoms with Gasteiger partial charge in [-0.3, -0.25) is 0 Å². The van der Waals surface area contributed by atoms with E-state index in [1.807, 2.05) is 0 Å². The van der Waals surface area contributed by atoms with Crippen LogP contribution in [0, 0.1) is 0 Å². The van der Waals surface area contributed by atoms with E-state index >= 15 is 0 Å². The maximum Gasteiger partial charge on any atom is 0.118 e. The van der Waals surface area contributed by atoms with Gasteiger partial charge in [-0.15, -0.1) is 0 Å². The molecule has 0 radical (unpaired) electrons. The van der Waals surface area contributed by atoms with Crippen LogP contribution >= 0.6 is 0 Å². The van der Waals surface area contributed by atoms with Gasteiger partial charge in [-0.2, -0.15) is 0 Å². The minimum atomic E-state index is -1.24. The van der Waals surface area contributed by atoms with E-state index in [-0.39, 0.29) is 0 Å². The molecule has 24 heavy (non-hydrogen) atoms. The molecule has 128 valence electrons. The van der Waals surface area contributed by atoms with Gasteiger partial charge in [0.15, 0.2) is 0 Å². The summed E-state index contributed by atoms with van der Waals surface area (Å²) in [6.07, 6.45) is 2.38. The van der Waals surface area contributed by atoms with Crippen LogP contribution in [0.4, 0.5) is 0 Å². The first kappa shape index (κ1) is 18.5. The summed E-state index contributed by atoms with van der Waals surface area (Å²) < 4.78 is 5.32. The zero-order chi connectivity index (χ0) is 17.4. The van der Waals surface area contributed by atoms with Crippen molar-refractivity contribution in [1.29, 1.82) is 0 Å². The number of benzene rings is 2. The van der Waals surface area contributed by atoms with Gasteiger partial charge < -0.3 is 4.74 Å². The van der Waals surface area contributed by atoms with E-state index in [1.165, 1.54) is 40.9 Å². The highest BCUT2D eigenvalue weighted by Crippen LogP contribution is 2.35. The molecule has 0 aromatic heterocycles. The van der Waals surface area contributed by atoms with Gasteiger partial charge in [-0.25, -0.2) is 0 Å². The van der Waals surface area contributed by atoms with Crippen molar-refractivity contribution in [3.63, 3.8) is 0 Å². The Balaban J connectivity index is 2.42. The fourth-order valence-electron chi connectivity index (χ4n) is 3.32. The lowest BCUT2D eigenvalue weighted by molar-refractivity contribution is 0.415. The van der Waals surface area contributed by atoms with Crippen molar-refractivity contribution in [2.45, 2.75) is 44.9 Å². The van der Waals surface area contributed by atoms with E-state index in [0.717, 1.165) is 5.75 Å². The van der Waals surface area contributed by atoms with Crippen molar-refractivity contribution >= 4 is 19.7 Å². The molecule has 0 N–H and O–H groups in total. The lowest BCUT2D eigenvalue weighted by Crippen LogP contribution is -2.31. The smallest absolute Gasteiger partial charge is 0.118 e. The first-order chi connectivity index (χ1) is 11.7. The maximum atomic E-state index is 5.32. The summed E-state index contributed by atoms with van der Waals surface area (Å²) in [4.78, 5) is 0. The Kier molecular flexibility index (Phi) is 6.86. The Morgan fingerprint density at radius 1 is 0.875 bits per heavy atom. The summed E-state index contributed by atoms with van der Waals surface area (Å²) in [6.45, 7) is 7.15. The topological polar surface area (TPSA) is 9.23 Å². The quantitative estimate of drug-likeness (QED) is 0.382. The Bertz CT molecular complexity index is 631. The van der Waals surface area contributed by atoms with Crippen molar-refractivity contribution in [1.82, 2.24) is 0 Å². The molecule has 0 aliphatic rings. The van der Waals surface area contributed by atoms with Gasteiger partial charge in [-0.05, 0) is 34.9 Å². The Morgan fingerprint density at radius 3 is 1.96 bits per heavy atom. The highest BCUT2D eigenvalue weighted by atomic mass is 28.3. The maximum absolute atomic E-state index is 5.32. The number of hydrogen-bond donors (Lipinski definition) is 0. The van der Waals surface area contributed by atoms with Gasteiger partial charge in [-0.1, -0.05) is 87.4 Å². The molecule has 0 aliphatic heterocycles. The molecule has 0 saturated carbocycles. The first-order valence-corrected chi connectivity index (χ1v) is 11.9. The second-order valence-electron chi connectivity index (χ2n) is 6.55. The Morgan fingerprint density at radius 2 is 1.46 bits per heavy atom. The summed E-state index contributed by atoms with van der Waals surface area (Å²) in [5, 5.41) is 0. The van der Waals surface area contributed by atoms with E-state index in [9.17, 15) is 0 Å². The average Bonchev–Trinajstić information content (AvgIpc) is 2.66. The first-order valence-electron chi connectivity index (χ1n) is 9.06. The third kappa shape index (κ3) is 4.61.